The van der Waals surface area contributed by atoms with E-state index in [-0.39, 0.29) is 11.0 Å². The molecule has 0 aliphatic carbocycles. The maximum atomic E-state index is 4.48. The number of thiophene rings is 1. The van der Waals surface area contributed by atoms with E-state index in [0.29, 0.717) is 0 Å². The minimum atomic E-state index is -0.0386. The number of aromatic nitrogens is 3. The van der Waals surface area contributed by atoms with Gasteiger partial charge < -0.3 is 5.32 Å². The van der Waals surface area contributed by atoms with Crippen LogP contribution in [0, 0.1) is 5.41 Å². The molecule has 3 heterocycles. The summed E-state index contributed by atoms with van der Waals surface area (Å²) in [5.74, 6) is 0.905. The van der Waals surface area contributed by atoms with Crippen LogP contribution in [0.2, 0.25) is 0 Å². The van der Waals surface area contributed by atoms with Crippen LogP contribution in [0.1, 0.15) is 41.0 Å². The standard InChI is InChI=1S/C17H22N4S/c1-16(2,3)9-17(4,5)21-14-13-12(19-10-20-14)11-7-6-8-18-15(11)22-13/h6-8,10H,9H2,1-5H3,(H,19,20,21). The van der Waals surface area contributed by atoms with Gasteiger partial charge >= 0.3 is 0 Å². The Balaban J connectivity index is 2.04. The van der Waals surface area contributed by atoms with Crippen molar-refractivity contribution in [3.8, 4) is 0 Å². The summed E-state index contributed by atoms with van der Waals surface area (Å²) in [6.45, 7) is 11.2. The number of nitrogens with zero attached hydrogens (tertiary/aromatic N) is 3. The fraction of sp³-hybridized carbons (Fsp3) is 0.471. The molecule has 0 radical (unpaired) electrons. The van der Waals surface area contributed by atoms with Gasteiger partial charge in [0.2, 0.25) is 0 Å². The Labute approximate surface area is 135 Å². The van der Waals surface area contributed by atoms with Crippen molar-refractivity contribution < 1.29 is 0 Å². The normalized spacial score (nSPS) is 13.0. The minimum absolute atomic E-state index is 0.0386. The number of pyridine rings is 1. The fourth-order valence-corrected chi connectivity index (χ4v) is 4.23. The van der Waals surface area contributed by atoms with Crippen LogP contribution in [-0.4, -0.2) is 20.5 Å². The van der Waals surface area contributed by atoms with E-state index in [4.69, 9.17) is 0 Å². The zero-order valence-electron chi connectivity index (χ0n) is 13.8. The second kappa shape index (κ2) is 5.16. The molecule has 22 heavy (non-hydrogen) atoms. The van der Waals surface area contributed by atoms with E-state index in [1.807, 2.05) is 12.3 Å². The molecule has 0 aliphatic heterocycles. The van der Waals surface area contributed by atoms with Gasteiger partial charge in [-0.15, -0.1) is 11.3 Å². The maximum Gasteiger partial charge on any atom is 0.147 e. The van der Waals surface area contributed by atoms with Crippen LogP contribution >= 0.6 is 11.3 Å². The first-order chi connectivity index (χ1) is 10.3. The van der Waals surface area contributed by atoms with Crippen LogP contribution in [0.25, 0.3) is 20.4 Å². The summed E-state index contributed by atoms with van der Waals surface area (Å²) in [5.41, 5.74) is 1.20. The quantitative estimate of drug-likeness (QED) is 0.749. The number of hydrogen-bond acceptors (Lipinski definition) is 5. The predicted octanol–water partition coefficient (Wildman–Crippen LogP) is 4.87. The lowest BCUT2D eigenvalue weighted by atomic mass is 9.82. The average molecular weight is 314 g/mol. The van der Waals surface area contributed by atoms with Gasteiger partial charge in [0, 0.05) is 17.1 Å². The van der Waals surface area contributed by atoms with Gasteiger partial charge in [-0.1, -0.05) is 20.8 Å². The molecule has 0 spiro atoms. The van der Waals surface area contributed by atoms with Gasteiger partial charge in [0.25, 0.3) is 0 Å². The third-order valence-electron chi connectivity index (χ3n) is 3.46. The molecule has 116 valence electrons. The summed E-state index contributed by atoms with van der Waals surface area (Å²) >= 11 is 1.65. The van der Waals surface area contributed by atoms with Gasteiger partial charge in [0.05, 0.1) is 10.2 Å². The third kappa shape index (κ3) is 3.04. The fourth-order valence-electron chi connectivity index (χ4n) is 3.19. The molecule has 3 aromatic rings. The monoisotopic (exact) mass is 314 g/mol. The van der Waals surface area contributed by atoms with Crippen molar-refractivity contribution in [2.45, 2.75) is 46.6 Å². The third-order valence-corrected chi connectivity index (χ3v) is 4.57. The van der Waals surface area contributed by atoms with Crippen molar-refractivity contribution in [1.82, 2.24) is 15.0 Å². The van der Waals surface area contributed by atoms with Crippen molar-refractivity contribution >= 4 is 37.6 Å². The molecule has 0 saturated carbocycles. The van der Waals surface area contributed by atoms with E-state index in [1.165, 1.54) is 0 Å². The lowest BCUT2D eigenvalue weighted by Gasteiger charge is -2.33. The number of hydrogen-bond donors (Lipinski definition) is 1. The van der Waals surface area contributed by atoms with Crippen LogP contribution in [0.15, 0.2) is 24.7 Å². The van der Waals surface area contributed by atoms with Crippen molar-refractivity contribution in [1.29, 1.82) is 0 Å². The molecular formula is C17H22N4S. The molecular weight excluding hydrogens is 292 g/mol. The molecule has 5 heteroatoms. The van der Waals surface area contributed by atoms with Crippen molar-refractivity contribution in [3.63, 3.8) is 0 Å². The summed E-state index contributed by atoms with van der Waals surface area (Å²) in [6.07, 6.45) is 4.51. The first-order valence-corrected chi connectivity index (χ1v) is 8.33. The molecule has 4 nitrogen and oxygen atoms in total. The summed E-state index contributed by atoms with van der Waals surface area (Å²) in [4.78, 5) is 14.4. The van der Waals surface area contributed by atoms with E-state index >= 15 is 0 Å². The van der Waals surface area contributed by atoms with E-state index in [2.05, 4.69) is 61.0 Å². The average Bonchev–Trinajstić information content (AvgIpc) is 2.75. The highest BCUT2D eigenvalue weighted by molar-refractivity contribution is 7.25. The van der Waals surface area contributed by atoms with Crippen molar-refractivity contribution in [3.05, 3.63) is 24.7 Å². The lowest BCUT2D eigenvalue weighted by Crippen LogP contribution is -2.35. The molecule has 1 N–H and O–H groups in total. The number of nitrogens with one attached hydrogen (secondary N) is 1. The van der Waals surface area contributed by atoms with Gasteiger partial charge in [-0.2, -0.15) is 0 Å². The number of anilines is 1. The molecule has 0 fully saturated rings. The van der Waals surface area contributed by atoms with Gasteiger partial charge in [-0.3, -0.25) is 0 Å². The number of rotatable bonds is 3. The Kier molecular flexibility index (Phi) is 3.56. The Bertz CT molecular complexity index is 814. The van der Waals surface area contributed by atoms with Crippen molar-refractivity contribution in [2.24, 2.45) is 5.41 Å². The molecule has 0 amide bonds. The summed E-state index contributed by atoms with van der Waals surface area (Å²) in [5, 5.41) is 4.71. The van der Waals surface area contributed by atoms with Crippen LogP contribution < -0.4 is 5.32 Å². The van der Waals surface area contributed by atoms with Gasteiger partial charge in [0.15, 0.2) is 0 Å². The summed E-state index contributed by atoms with van der Waals surface area (Å²) < 4.78 is 1.08. The van der Waals surface area contributed by atoms with E-state index in [1.54, 1.807) is 17.7 Å². The number of fused-ring (bicyclic) bond motifs is 3. The van der Waals surface area contributed by atoms with Gasteiger partial charge in [-0.05, 0) is 37.8 Å². The second-order valence-corrected chi connectivity index (χ2v) is 8.60. The molecule has 0 bridgehead atoms. The van der Waals surface area contributed by atoms with Crippen molar-refractivity contribution in [2.75, 3.05) is 5.32 Å². The first kappa shape index (κ1) is 15.2. The molecule has 0 unspecified atom stereocenters. The zero-order valence-corrected chi connectivity index (χ0v) is 14.6. The van der Waals surface area contributed by atoms with Crippen LogP contribution in [0.3, 0.4) is 0 Å². The molecule has 0 saturated heterocycles. The Morgan fingerprint density at radius 2 is 1.86 bits per heavy atom. The smallest absolute Gasteiger partial charge is 0.147 e. The molecule has 3 aromatic heterocycles. The van der Waals surface area contributed by atoms with Gasteiger partial charge in [0.1, 0.15) is 17.0 Å². The minimum Gasteiger partial charge on any atom is -0.364 e. The highest BCUT2D eigenvalue weighted by atomic mass is 32.1. The molecule has 3 rings (SSSR count). The highest BCUT2D eigenvalue weighted by Crippen LogP contribution is 2.36. The van der Waals surface area contributed by atoms with Crippen LogP contribution in [-0.2, 0) is 0 Å². The second-order valence-electron chi connectivity index (χ2n) is 7.60. The molecule has 0 aliphatic rings. The van der Waals surface area contributed by atoms with Crippen LogP contribution in [0.5, 0.6) is 0 Å². The molecule has 0 aromatic carbocycles. The maximum absolute atomic E-state index is 4.48. The Morgan fingerprint density at radius 1 is 1.09 bits per heavy atom. The first-order valence-electron chi connectivity index (χ1n) is 7.52. The topological polar surface area (TPSA) is 50.7 Å². The largest absolute Gasteiger partial charge is 0.364 e. The molecule has 0 atom stereocenters. The highest BCUT2D eigenvalue weighted by Gasteiger charge is 2.26. The predicted molar refractivity (Wildman–Crippen MR) is 94.5 cm³/mol. The van der Waals surface area contributed by atoms with Gasteiger partial charge in [-0.25, -0.2) is 15.0 Å². The van der Waals surface area contributed by atoms with E-state index in [0.717, 1.165) is 32.7 Å². The van der Waals surface area contributed by atoms with Crippen LogP contribution in [0.4, 0.5) is 5.82 Å². The Morgan fingerprint density at radius 3 is 2.59 bits per heavy atom. The SMILES string of the molecule is CC(C)(C)CC(C)(C)Nc1ncnc2c1sc1ncccc12. The summed E-state index contributed by atoms with van der Waals surface area (Å²) in [6, 6.07) is 4.02. The van der Waals surface area contributed by atoms with E-state index in [9.17, 15) is 0 Å². The zero-order chi connectivity index (χ0) is 16.0. The Hall–Kier alpha value is -1.75. The lowest BCUT2D eigenvalue weighted by molar-refractivity contribution is 0.302. The summed E-state index contributed by atoms with van der Waals surface area (Å²) in [7, 11) is 0. The van der Waals surface area contributed by atoms with E-state index < -0.39 is 0 Å².